The number of methoxy groups -OCH3 is 2. The van der Waals surface area contributed by atoms with Crippen molar-refractivity contribution < 1.29 is 23.0 Å². The standard InChI is InChI=1S/C17H14F2N2O3/c1-23-14-6-5-13(19)15(16(14)24-2)17(22)21-9-11-7-10(8-20)3-4-12(11)18/h3-7H,9H2,1-2H3,(H,21,22). The molecule has 0 aliphatic rings. The maximum atomic E-state index is 14.0. The molecule has 1 amide bonds. The van der Waals surface area contributed by atoms with Crippen LogP contribution in [-0.2, 0) is 6.54 Å². The average Bonchev–Trinajstić information content (AvgIpc) is 2.60. The molecular formula is C17H14F2N2O3. The molecule has 2 rings (SSSR count). The Kier molecular flexibility index (Phi) is 5.32. The molecule has 0 aliphatic heterocycles. The van der Waals surface area contributed by atoms with Crippen molar-refractivity contribution in [2.45, 2.75) is 6.54 Å². The van der Waals surface area contributed by atoms with Gasteiger partial charge < -0.3 is 14.8 Å². The van der Waals surface area contributed by atoms with Gasteiger partial charge in [0, 0.05) is 12.1 Å². The minimum absolute atomic E-state index is 0.0544. The fourth-order valence-corrected chi connectivity index (χ4v) is 2.16. The number of amides is 1. The van der Waals surface area contributed by atoms with Gasteiger partial charge in [0.25, 0.3) is 5.91 Å². The van der Waals surface area contributed by atoms with Gasteiger partial charge in [-0.2, -0.15) is 5.26 Å². The van der Waals surface area contributed by atoms with Crippen LogP contribution in [0.3, 0.4) is 0 Å². The lowest BCUT2D eigenvalue weighted by atomic mass is 10.1. The maximum Gasteiger partial charge on any atom is 0.258 e. The molecule has 2 aromatic carbocycles. The highest BCUT2D eigenvalue weighted by molar-refractivity contribution is 5.98. The molecule has 0 bridgehead atoms. The first-order valence-electron chi connectivity index (χ1n) is 6.89. The Morgan fingerprint density at radius 1 is 1.17 bits per heavy atom. The summed E-state index contributed by atoms with van der Waals surface area (Å²) in [7, 11) is 2.64. The SMILES string of the molecule is COc1ccc(F)c(C(=O)NCc2cc(C#N)ccc2F)c1OC. The highest BCUT2D eigenvalue weighted by atomic mass is 19.1. The number of nitriles is 1. The molecule has 5 nitrogen and oxygen atoms in total. The van der Waals surface area contributed by atoms with Crippen LogP contribution >= 0.6 is 0 Å². The quantitative estimate of drug-likeness (QED) is 0.914. The van der Waals surface area contributed by atoms with E-state index < -0.39 is 17.5 Å². The summed E-state index contributed by atoms with van der Waals surface area (Å²) in [4.78, 5) is 12.3. The fourth-order valence-electron chi connectivity index (χ4n) is 2.16. The molecule has 0 radical (unpaired) electrons. The second-order valence-electron chi connectivity index (χ2n) is 4.76. The van der Waals surface area contributed by atoms with E-state index in [0.717, 1.165) is 12.1 Å². The van der Waals surface area contributed by atoms with Gasteiger partial charge in [0.1, 0.15) is 17.2 Å². The predicted molar refractivity (Wildman–Crippen MR) is 81.8 cm³/mol. The average molecular weight is 332 g/mol. The molecule has 0 atom stereocenters. The molecule has 0 heterocycles. The third-order valence-corrected chi connectivity index (χ3v) is 3.34. The van der Waals surface area contributed by atoms with Crippen LogP contribution in [0.2, 0.25) is 0 Å². The largest absolute Gasteiger partial charge is 0.493 e. The van der Waals surface area contributed by atoms with Crippen molar-refractivity contribution in [2.24, 2.45) is 0 Å². The predicted octanol–water partition coefficient (Wildman–Crippen LogP) is 2.78. The Morgan fingerprint density at radius 2 is 1.88 bits per heavy atom. The van der Waals surface area contributed by atoms with E-state index in [1.807, 2.05) is 6.07 Å². The molecule has 0 saturated heterocycles. The lowest BCUT2D eigenvalue weighted by Crippen LogP contribution is -2.25. The Balaban J connectivity index is 2.27. The molecule has 24 heavy (non-hydrogen) atoms. The fraction of sp³-hybridized carbons (Fsp3) is 0.176. The summed E-state index contributed by atoms with van der Waals surface area (Å²) >= 11 is 0. The third kappa shape index (κ3) is 3.43. The van der Waals surface area contributed by atoms with Crippen LogP contribution < -0.4 is 14.8 Å². The second kappa shape index (κ2) is 7.42. The van der Waals surface area contributed by atoms with Crippen LogP contribution in [0.4, 0.5) is 8.78 Å². The minimum atomic E-state index is -0.795. The summed E-state index contributed by atoms with van der Waals surface area (Å²) in [6, 6.07) is 8.06. The van der Waals surface area contributed by atoms with Crippen LogP contribution in [0, 0.1) is 23.0 Å². The van der Waals surface area contributed by atoms with Crippen molar-refractivity contribution in [2.75, 3.05) is 14.2 Å². The van der Waals surface area contributed by atoms with E-state index in [1.54, 1.807) is 0 Å². The van der Waals surface area contributed by atoms with E-state index in [-0.39, 0.29) is 34.7 Å². The van der Waals surface area contributed by atoms with Crippen molar-refractivity contribution in [1.29, 1.82) is 5.26 Å². The summed E-state index contributed by atoms with van der Waals surface area (Å²) in [6.45, 7) is -0.208. The number of rotatable bonds is 5. The Labute approximate surface area is 137 Å². The van der Waals surface area contributed by atoms with Crippen LogP contribution in [-0.4, -0.2) is 20.1 Å². The van der Waals surface area contributed by atoms with E-state index in [2.05, 4.69) is 5.32 Å². The molecule has 0 spiro atoms. The molecule has 0 unspecified atom stereocenters. The van der Waals surface area contributed by atoms with Gasteiger partial charge in [0.2, 0.25) is 0 Å². The molecule has 1 N–H and O–H groups in total. The van der Waals surface area contributed by atoms with Crippen LogP contribution in [0.5, 0.6) is 11.5 Å². The smallest absolute Gasteiger partial charge is 0.258 e. The van der Waals surface area contributed by atoms with E-state index in [1.165, 1.54) is 32.4 Å². The van der Waals surface area contributed by atoms with E-state index in [9.17, 15) is 13.6 Å². The zero-order chi connectivity index (χ0) is 17.7. The molecule has 0 saturated carbocycles. The molecule has 124 valence electrons. The topological polar surface area (TPSA) is 71.3 Å². The molecular weight excluding hydrogens is 318 g/mol. The van der Waals surface area contributed by atoms with Gasteiger partial charge in [0.15, 0.2) is 11.5 Å². The number of hydrogen-bond acceptors (Lipinski definition) is 4. The van der Waals surface area contributed by atoms with Gasteiger partial charge in [-0.3, -0.25) is 4.79 Å². The van der Waals surface area contributed by atoms with Crippen LogP contribution in [0.25, 0.3) is 0 Å². The number of halogens is 2. The van der Waals surface area contributed by atoms with Crippen molar-refractivity contribution in [3.05, 3.63) is 58.7 Å². The summed E-state index contributed by atoms with van der Waals surface area (Å²) in [6.07, 6.45) is 0. The lowest BCUT2D eigenvalue weighted by Gasteiger charge is -2.13. The summed E-state index contributed by atoms with van der Waals surface area (Å²) < 4.78 is 37.8. The first-order chi connectivity index (χ1) is 11.5. The van der Waals surface area contributed by atoms with Gasteiger partial charge >= 0.3 is 0 Å². The highest BCUT2D eigenvalue weighted by Gasteiger charge is 2.22. The number of nitrogens with one attached hydrogen (secondary N) is 1. The van der Waals surface area contributed by atoms with Crippen LogP contribution in [0.1, 0.15) is 21.5 Å². The van der Waals surface area contributed by atoms with Gasteiger partial charge in [-0.25, -0.2) is 8.78 Å². The van der Waals surface area contributed by atoms with E-state index >= 15 is 0 Å². The summed E-state index contributed by atoms with van der Waals surface area (Å²) in [5.41, 5.74) is 0.0316. The number of hydrogen-bond donors (Lipinski definition) is 1. The second-order valence-corrected chi connectivity index (χ2v) is 4.76. The van der Waals surface area contributed by atoms with E-state index in [0.29, 0.717) is 0 Å². The molecule has 7 heteroatoms. The number of ether oxygens (including phenoxy) is 2. The Bertz CT molecular complexity index is 816. The lowest BCUT2D eigenvalue weighted by molar-refractivity contribution is 0.0942. The molecule has 0 aromatic heterocycles. The molecule has 0 fully saturated rings. The maximum absolute atomic E-state index is 14.0. The normalized spacial score (nSPS) is 9.96. The Morgan fingerprint density at radius 3 is 2.50 bits per heavy atom. The number of carbonyl (C=O) groups excluding carboxylic acids is 1. The Hall–Kier alpha value is -3.14. The minimum Gasteiger partial charge on any atom is -0.493 e. The van der Waals surface area contributed by atoms with Crippen molar-refractivity contribution in [1.82, 2.24) is 5.32 Å². The molecule has 2 aromatic rings. The monoisotopic (exact) mass is 332 g/mol. The molecule has 0 aliphatic carbocycles. The number of carbonyl (C=O) groups is 1. The third-order valence-electron chi connectivity index (χ3n) is 3.34. The first kappa shape index (κ1) is 17.2. The van der Waals surface area contributed by atoms with Gasteiger partial charge in [-0.15, -0.1) is 0 Å². The van der Waals surface area contributed by atoms with Crippen molar-refractivity contribution in [3.8, 4) is 17.6 Å². The zero-order valence-electron chi connectivity index (χ0n) is 13.0. The first-order valence-corrected chi connectivity index (χ1v) is 6.89. The number of nitrogens with zero attached hydrogens (tertiary/aromatic N) is 1. The number of benzene rings is 2. The summed E-state index contributed by atoms with van der Waals surface area (Å²) in [5, 5.41) is 11.2. The van der Waals surface area contributed by atoms with Crippen LogP contribution in [0.15, 0.2) is 30.3 Å². The van der Waals surface area contributed by atoms with Gasteiger partial charge in [-0.1, -0.05) is 0 Å². The van der Waals surface area contributed by atoms with E-state index in [4.69, 9.17) is 14.7 Å². The van der Waals surface area contributed by atoms with Gasteiger partial charge in [-0.05, 0) is 30.3 Å². The summed E-state index contributed by atoms with van der Waals surface area (Å²) in [5.74, 6) is -2.02. The zero-order valence-corrected chi connectivity index (χ0v) is 13.0. The van der Waals surface area contributed by atoms with Crippen molar-refractivity contribution >= 4 is 5.91 Å². The van der Waals surface area contributed by atoms with Gasteiger partial charge in [0.05, 0.1) is 25.9 Å². The van der Waals surface area contributed by atoms with Crippen molar-refractivity contribution in [3.63, 3.8) is 0 Å². The highest BCUT2D eigenvalue weighted by Crippen LogP contribution is 2.32.